The van der Waals surface area contributed by atoms with Crippen molar-refractivity contribution in [2.45, 2.75) is 59.0 Å². The number of nitrogens with one attached hydrogen (secondary N) is 2. The van der Waals surface area contributed by atoms with E-state index in [0.717, 1.165) is 54.9 Å². The second-order valence-corrected chi connectivity index (χ2v) is 7.75. The molecule has 31 heavy (non-hydrogen) atoms. The van der Waals surface area contributed by atoms with E-state index in [4.69, 9.17) is 9.47 Å². The molecule has 0 amide bonds. The number of rotatable bonds is 10. The third-order valence-electron chi connectivity index (χ3n) is 5.41. The van der Waals surface area contributed by atoms with Gasteiger partial charge in [0.2, 0.25) is 0 Å². The van der Waals surface area contributed by atoms with Crippen molar-refractivity contribution >= 4 is 5.96 Å². The molecule has 170 valence electrons. The van der Waals surface area contributed by atoms with Crippen LogP contribution in [0.4, 0.5) is 0 Å². The predicted octanol–water partition coefficient (Wildman–Crippen LogP) is 2.64. The fourth-order valence-electron chi connectivity index (χ4n) is 3.72. The lowest BCUT2D eigenvalue weighted by Crippen LogP contribution is -2.38. The van der Waals surface area contributed by atoms with Crippen LogP contribution in [0.5, 0.6) is 5.75 Å². The lowest BCUT2D eigenvalue weighted by atomic mass is 10.1. The maximum atomic E-state index is 5.94. The highest BCUT2D eigenvalue weighted by atomic mass is 16.5. The molecule has 1 aliphatic rings. The van der Waals surface area contributed by atoms with Crippen LogP contribution >= 0.6 is 0 Å². The second-order valence-electron chi connectivity index (χ2n) is 7.75. The average Bonchev–Trinajstić information content (AvgIpc) is 3.00. The summed E-state index contributed by atoms with van der Waals surface area (Å²) >= 11 is 0. The van der Waals surface area contributed by atoms with Gasteiger partial charge in [0.1, 0.15) is 24.0 Å². The molecule has 2 aromatic rings. The van der Waals surface area contributed by atoms with Gasteiger partial charge >= 0.3 is 0 Å². The zero-order valence-electron chi connectivity index (χ0n) is 19.1. The number of hydrogen-bond acceptors (Lipinski definition) is 5. The van der Waals surface area contributed by atoms with Crippen LogP contribution in [0.1, 0.15) is 49.0 Å². The number of benzene rings is 1. The van der Waals surface area contributed by atoms with Crippen LogP contribution in [-0.4, -0.2) is 54.1 Å². The van der Waals surface area contributed by atoms with Crippen LogP contribution in [-0.2, 0) is 30.7 Å². The standard InChI is InChI=1S/C23H36N6O2/c1-4-30-14-15-31-20-16-18(2)9-10-19(20)17-26-23(24-3)25-12-11-22-28-27-21-8-6-5-7-13-29(21)22/h9-10,16H,4-8,11-15,17H2,1-3H3,(H2,24,25,26). The van der Waals surface area contributed by atoms with Gasteiger partial charge in [-0.2, -0.15) is 0 Å². The summed E-state index contributed by atoms with van der Waals surface area (Å²) in [6.45, 7) is 8.30. The lowest BCUT2D eigenvalue weighted by molar-refractivity contribution is 0.110. The quantitative estimate of drug-likeness (QED) is 0.344. The summed E-state index contributed by atoms with van der Waals surface area (Å²) in [6.07, 6.45) is 5.55. The first-order valence-electron chi connectivity index (χ1n) is 11.4. The minimum absolute atomic E-state index is 0.542. The first-order valence-corrected chi connectivity index (χ1v) is 11.4. The molecule has 0 saturated heterocycles. The van der Waals surface area contributed by atoms with Gasteiger partial charge in [-0.3, -0.25) is 4.99 Å². The molecule has 8 nitrogen and oxygen atoms in total. The molecule has 1 aromatic carbocycles. The van der Waals surface area contributed by atoms with Gasteiger partial charge in [0.25, 0.3) is 0 Å². The minimum Gasteiger partial charge on any atom is -0.491 e. The normalized spacial score (nSPS) is 14.1. The third-order valence-corrected chi connectivity index (χ3v) is 5.41. The van der Waals surface area contributed by atoms with Gasteiger partial charge in [0.15, 0.2) is 5.96 Å². The monoisotopic (exact) mass is 428 g/mol. The minimum atomic E-state index is 0.542. The fraction of sp³-hybridized carbons (Fsp3) is 0.609. The molecule has 2 heterocycles. The maximum Gasteiger partial charge on any atom is 0.191 e. The van der Waals surface area contributed by atoms with Crippen LogP contribution in [0, 0.1) is 6.92 Å². The number of guanidine groups is 1. The van der Waals surface area contributed by atoms with E-state index in [9.17, 15) is 0 Å². The van der Waals surface area contributed by atoms with Crippen molar-refractivity contribution in [2.75, 3.05) is 33.4 Å². The van der Waals surface area contributed by atoms with Crippen molar-refractivity contribution in [1.82, 2.24) is 25.4 Å². The Bertz CT molecular complexity index is 849. The Morgan fingerprint density at radius 2 is 2.06 bits per heavy atom. The van der Waals surface area contributed by atoms with E-state index in [0.29, 0.717) is 26.4 Å². The van der Waals surface area contributed by atoms with Crippen LogP contribution in [0.25, 0.3) is 0 Å². The smallest absolute Gasteiger partial charge is 0.191 e. The van der Waals surface area contributed by atoms with Crippen molar-refractivity contribution in [3.63, 3.8) is 0 Å². The lowest BCUT2D eigenvalue weighted by Gasteiger charge is -2.15. The molecule has 0 saturated carbocycles. The Morgan fingerprint density at radius 1 is 1.16 bits per heavy atom. The molecular weight excluding hydrogens is 392 g/mol. The van der Waals surface area contributed by atoms with E-state index in [1.165, 1.54) is 24.8 Å². The van der Waals surface area contributed by atoms with E-state index in [-0.39, 0.29) is 0 Å². The number of hydrogen-bond donors (Lipinski definition) is 2. The molecule has 2 N–H and O–H groups in total. The molecule has 1 aliphatic heterocycles. The van der Waals surface area contributed by atoms with Crippen molar-refractivity contribution in [3.05, 3.63) is 41.0 Å². The van der Waals surface area contributed by atoms with Crippen molar-refractivity contribution in [3.8, 4) is 5.75 Å². The zero-order chi connectivity index (χ0) is 21.9. The highest BCUT2D eigenvalue weighted by Crippen LogP contribution is 2.20. The number of aromatic nitrogens is 3. The van der Waals surface area contributed by atoms with Crippen molar-refractivity contribution < 1.29 is 9.47 Å². The Balaban J connectivity index is 1.49. The summed E-state index contributed by atoms with van der Waals surface area (Å²) in [5.74, 6) is 3.83. The zero-order valence-corrected chi connectivity index (χ0v) is 19.1. The molecular formula is C23H36N6O2. The SMILES string of the molecule is CCOCCOc1cc(C)ccc1CNC(=NC)NCCc1nnc2n1CCCCC2. The molecule has 0 unspecified atom stereocenters. The summed E-state index contributed by atoms with van der Waals surface area (Å²) < 4.78 is 13.6. The Hall–Kier alpha value is -2.61. The number of aryl methyl sites for hydroxylation is 2. The number of aliphatic imine (C=N–C) groups is 1. The van der Waals surface area contributed by atoms with E-state index < -0.39 is 0 Å². The van der Waals surface area contributed by atoms with Gasteiger partial charge in [0.05, 0.1) is 6.61 Å². The van der Waals surface area contributed by atoms with Gasteiger partial charge in [0, 0.05) is 51.7 Å². The summed E-state index contributed by atoms with van der Waals surface area (Å²) in [5, 5.41) is 15.6. The molecule has 0 fully saturated rings. The van der Waals surface area contributed by atoms with Crippen LogP contribution in [0.2, 0.25) is 0 Å². The Kier molecular flexibility index (Phi) is 9.15. The highest BCUT2D eigenvalue weighted by Gasteiger charge is 2.14. The third kappa shape index (κ3) is 6.95. The van der Waals surface area contributed by atoms with E-state index in [1.54, 1.807) is 7.05 Å². The summed E-state index contributed by atoms with van der Waals surface area (Å²) in [7, 11) is 1.78. The van der Waals surface area contributed by atoms with E-state index in [2.05, 4.69) is 55.5 Å². The van der Waals surface area contributed by atoms with Crippen LogP contribution < -0.4 is 15.4 Å². The molecule has 0 atom stereocenters. The van der Waals surface area contributed by atoms with Gasteiger partial charge in [-0.15, -0.1) is 10.2 Å². The molecule has 1 aromatic heterocycles. The van der Waals surface area contributed by atoms with Crippen molar-refractivity contribution in [2.24, 2.45) is 4.99 Å². The fourth-order valence-corrected chi connectivity index (χ4v) is 3.72. The molecule has 8 heteroatoms. The molecule has 3 rings (SSSR count). The summed E-state index contributed by atoms with van der Waals surface area (Å²) in [5.41, 5.74) is 2.26. The van der Waals surface area contributed by atoms with E-state index >= 15 is 0 Å². The number of ether oxygens (including phenoxy) is 2. The molecule has 0 bridgehead atoms. The maximum absolute atomic E-state index is 5.94. The van der Waals surface area contributed by atoms with Crippen molar-refractivity contribution in [1.29, 1.82) is 0 Å². The van der Waals surface area contributed by atoms with Gasteiger partial charge in [-0.05, 0) is 38.3 Å². The van der Waals surface area contributed by atoms with Gasteiger partial charge in [-0.25, -0.2) is 0 Å². The predicted molar refractivity (Wildman–Crippen MR) is 123 cm³/mol. The topological polar surface area (TPSA) is 85.6 Å². The Labute approximate surface area is 185 Å². The summed E-state index contributed by atoms with van der Waals surface area (Å²) in [4.78, 5) is 4.35. The highest BCUT2D eigenvalue weighted by molar-refractivity contribution is 5.79. The summed E-state index contributed by atoms with van der Waals surface area (Å²) in [6, 6.07) is 6.26. The van der Waals surface area contributed by atoms with Crippen LogP contribution in [0.3, 0.4) is 0 Å². The molecule has 0 aliphatic carbocycles. The first kappa shape index (κ1) is 23.1. The van der Waals surface area contributed by atoms with Crippen LogP contribution in [0.15, 0.2) is 23.2 Å². The second kappa shape index (κ2) is 12.3. The first-order chi connectivity index (χ1) is 15.2. The molecule has 0 radical (unpaired) electrons. The van der Waals surface area contributed by atoms with Gasteiger partial charge in [-0.1, -0.05) is 18.6 Å². The average molecular weight is 429 g/mol. The number of fused-ring (bicyclic) bond motifs is 1. The number of nitrogens with zero attached hydrogens (tertiary/aromatic N) is 4. The largest absolute Gasteiger partial charge is 0.491 e. The van der Waals surface area contributed by atoms with E-state index in [1.807, 2.05) is 6.92 Å². The Morgan fingerprint density at radius 3 is 2.90 bits per heavy atom. The molecule has 0 spiro atoms. The van der Waals surface area contributed by atoms with Gasteiger partial charge < -0.3 is 24.7 Å².